The van der Waals surface area contributed by atoms with Crippen LogP contribution in [0.25, 0.3) is 11.6 Å². The van der Waals surface area contributed by atoms with E-state index in [0.717, 1.165) is 24.0 Å². The maximum atomic E-state index is 13.1. The summed E-state index contributed by atoms with van der Waals surface area (Å²) in [5.74, 6) is -0.245. The van der Waals surface area contributed by atoms with Crippen LogP contribution in [0.4, 0.5) is 0 Å². The maximum Gasteiger partial charge on any atom is 0.339 e. The van der Waals surface area contributed by atoms with E-state index >= 15 is 0 Å². The fourth-order valence-electron chi connectivity index (χ4n) is 4.28. The quantitative estimate of drug-likeness (QED) is 0.421. The molecule has 2 saturated heterocycles. The average molecular weight is 382 g/mol. The molecule has 0 aliphatic carbocycles. The van der Waals surface area contributed by atoms with Crippen molar-refractivity contribution in [2.45, 2.75) is 43.9 Å². The summed E-state index contributed by atoms with van der Waals surface area (Å²) in [6, 6.07) is 18.3. The lowest BCUT2D eigenvalue weighted by Crippen LogP contribution is -2.43. The summed E-state index contributed by atoms with van der Waals surface area (Å²) in [6.07, 6.45) is 6.17. The lowest BCUT2D eigenvalue weighted by atomic mass is 9.99. The van der Waals surface area contributed by atoms with Crippen LogP contribution in [0.3, 0.4) is 0 Å². The molecule has 2 atom stereocenters. The number of hydrogen-bond donors (Lipinski definition) is 0. The fraction of sp³-hybridized carbons (Fsp3) is 0.348. The van der Waals surface area contributed by atoms with Crippen molar-refractivity contribution < 1.29 is 9.53 Å². The molecule has 4 rings (SSSR count). The van der Waals surface area contributed by atoms with Gasteiger partial charge in [0.2, 0.25) is 0 Å². The Bertz CT molecular complexity index is 817. The van der Waals surface area contributed by atoms with Crippen molar-refractivity contribution in [3.05, 3.63) is 70.7 Å². The number of halogens is 1. The number of benzene rings is 2. The van der Waals surface area contributed by atoms with E-state index < -0.39 is 0 Å². The Hall–Kier alpha value is -2.10. The summed E-state index contributed by atoms with van der Waals surface area (Å²) >= 11 is 5.99. The van der Waals surface area contributed by atoms with Crippen molar-refractivity contribution in [1.82, 2.24) is 4.90 Å². The molecule has 2 bridgehead atoms. The number of ether oxygens (including phenoxy) is 1. The largest absolute Gasteiger partial charge is 0.459 e. The van der Waals surface area contributed by atoms with Crippen LogP contribution in [0.2, 0.25) is 5.02 Å². The molecule has 2 aliphatic rings. The molecule has 2 unspecified atom stereocenters. The van der Waals surface area contributed by atoms with Gasteiger partial charge in [-0.1, -0.05) is 54.1 Å². The minimum atomic E-state index is -0.245. The van der Waals surface area contributed by atoms with Crippen LogP contribution in [-0.2, 0) is 9.53 Å². The number of esters is 1. The van der Waals surface area contributed by atoms with Gasteiger partial charge in [0, 0.05) is 29.9 Å². The molecule has 0 aromatic heterocycles. The molecule has 0 N–H and O–H groups in total. The Kier molecular flexibility index (Phi) is 5.33. The molecular formula is C23H24ClNO2. The summed E-state index contributed by atoms with van der Waals surface area (Å²) in [5, 5.41) is 0.679. The first-order chi connectivity index (χ1) is 13.1. The van der Waals surface area contributed by atoms with Crippen LogP contribution in [-0.4, -0.2) is 36.1 Å². The van der Waals surface area contributed by atoms with Crippen LogP contribution < -0.4 is 0 Å². The van der Waals surface area contributed by atoms with Gasteiger partial charge in [0.25, 0.3) is 0 Å². The predicted molar refractivity (Wildman–Crippen MR) is 109 cm³/mol. The second-order valence-corrected chi connectivity index (χ2v) is 7.96. The van der Waals surface area contributed by atoms with Gasteiger partial charge in [0.15, 0.2) is 0 Å². The SMILES string of the molecule is CN1C2CCC1CC(OC(=O)/C(=C/c1ccc(Cl)cc1)c1ccccc1)C2. The number of piperidine rings is 1. The third kappa shape index (κ3) is 4.10. The molecule has 0 spiro atoms. The highest BCUT2D eigenvalue weighted by molar-refractivity contribution is 6.30. The molecule has 2 aromatic rings. The molecule has 140 valence electrons. The molecule has 0 saturated carbocycles. The van der Waals surface area contributed by atoms with Crippen molar-refractivity contribution in [1.29, 1.82) is 0 Å². The zero-order chi connectivity index (χ0) is 18.8. The second kappa shape index (κ2) is 7.87. The standard InChI is InChI=1S/C23H24ClNO2/c1-25-19-11-12-20(25)15-21(14-19)27-23(26)22(17-5-3-2-4-6-17)13-16-7-9-18(24)10-8-16/h2-10,13,19-21H,11-12,14-15H2,1H3/b22-13+. The Balaban J connectivity index is 1.57. The van der Waals surface area contributed by atoms with Crippen LogP contribution in [0, 0.1) is 0 Å². The number of rotatable bonds is 4. The number of hydrogen-bond acceptors (Lipinski definition) is 3. The number of carbonyl (C=O) groups is 1. The first-order valence-electron chi connectivity index (χ1n) is 9.56. The zero-order valence-electron chi connectivity index (χ0n) is 15.5. The van der Waals surface area contributed by atoms with Gasteiger partial charge in [-0.15, -0.1) is 0 Å². The van der Waals surface area contributed by atoms with Gasteiger partial charge in [-0.3, -0.25) is 0 Å². The third-order valence-electron chi connectivity index (χ3n) is 5.81. The molecule has 3 nitrogen and oxygen atoms in total. The molecule has 2 aliphatic heterocycles. The van der Waals surface area contributed by atoms with E-state index in [9.17, 15) is 4.79 Å². The first kappa shape index (κ1) is 18.3. The van der Waals surface area contributed by atoms with Gasteiger partial charge in [-0.05, 0) is 49.2 Å². The molecule has 27 heavy (non-hydrogen) atoms. The van der Waals surface area contributed by atoms with Gasteiger partial charge < -0.3 is 9.64 Å². The maximum absolute atomic E-state index is 13.1. The normalized spacial score (nSPS) is 25.4. The number of carbonyl (C=O) groups excluding carboxylic acids is 1. The Morgan fingerprint density at radius 1 is 1.04 bits per heavy atom. The van der Waals surface area contributed by atoms with E-state index in [4.69, 9.17) is 16.3 Å². The second-order valence-electron chi connectivity index (χ2n) is 7.52. The van der Waals surface area contributed by atoms with Crippen LogP contribution in [0.5, 0.6) is 0 Å². The molecule has 2 fully saturated rings. The molecule has 2 heterocycles. The van der Waals surface area contributed by atoms with Crippen LogP contribution in [0.15, 0.2) is 54.6 Å². The summed E-state index contributed by atoms with van der Waals surface area (Å²) in [5.41, 5.74) is 2.39. The lowest BCUT2D eigenvalue weighted by Gasteiger charge is -2.35. The summed E-state index contributed by atoms with van der Waals surface area (Å²) < 4.78 is 5.97. The minimum Gasteiger partial charge on any atom is -0.459 e. The highest BCUT2D eigenvalue weighted by Gasteiger charge is 2.40. The predicted octanol–water partition coefficient (Wildman–Crippen LogP) is 5.05. The summed E-state index contributed by atoms with van der Waals surface area (Å²) in [4.78, 5) is 15.5. The fourth-order valence-corrected chi connectivity index (χ4v) is 4.40. The monoisotopic (exact) mass is 381 g/mol. The van der Waals surface area contributed by atoms with Crippen molar-refractivity contribution in [3.8, 4) is 0 Å². The highest BCUT2D eigenvalue weighted by atomic mass is 35.5. The number of nitrogens with zero attached hydrogens (tertiary/aromatic N) is 1. The van der Waals surface area contributed by atoms with Crippen molar-refractivity contribution in [2.75, 3.05) is 7.05 Å². The topological polar surface area (TPSA) is 29.5 Å². The van der Waals surface area contributed by atoms with Gasteiger partial charge in [-0.25, -0.2) is 4.79 Å². The number of fused-ring (bicyclic) bond motifs is 2. The highest BCUT2D eigenvalue weighted by Crippen LogP contribution is 2.36. The van der Waals surface area contributed by atoms with E-state index in [0.29, 0.717) is 22.7 Å². The molecule has 0 amide bonds. The van der Waals surface area contributed by atoms with Crippen LogP contribution >= 0.6 is 11.6 Å². The smallest absolute Gasteiger partial charge is 0.339 e. The third-order valence-corrected chi connectivity index (χ3v) is 6.07. The summed E-state index contributed by atoms with van der Waals surface area (Å²) in [6.45, 7) is 0. The molecular weight excluding hydrogens is 358 g/mol. The molecule has 4 heteroatoms. The van der Waals surface area contributed by atoms with Crippen molar-refractivity contribution in [3.63, 3.8) is 0 Å². The first-order valence-corrected chi connectivity index (χ1v) is 9.93. The Morgan fingerprint density at radius 2 is 1.67 bits per heavy atom. The summed E-state index contributed by atoms with van der Waals surface area (Å²) in [7, 11) is 2.19. The van der Waals surface area contributed by atoms with E-state index in [1.165, 1.54) is 12.8 Å². The Morgan fingerprint density at radius 3 is 2.30 bits per heavy atom. The average Bonchev–Trinajstić information content (AvgIpc) is 2.89. The van der Waals surface area contributed by atoms with Gasteiger partial charge in [0.1, 0.15) is 6.10 Å². The van der Waals surface area contributed by atoms with E-state index in [-0.39, 0.29) is 12.1 Å². The van der Waals surface area contributed by atoms with E-state index in [2.05, 4.69) is 11.9 Å². The van der Waals surface area contributed by atoms with Gasteiger partial charge >= 0.3 is 5.97 Å². The van der Waals surface area contributed by atoms with Crippen LogP contribution in [0.1, 0.15) is 36.8 Å². The van der Waals surface area contributed by atoms with Gasteiger partial charge in [0.05, 0.1) is 5.57 Å². The Labute approximate surface area is 165 Å². The molecule has 0 radical (unpaired) electrons. The molecule has 2 aromatic carbocycles. The lowest BCUT2D eigenvalue weighted by molar-refractivity contribution is -0.144. The zero-order valence-corrected chi connectivity index (χ0v) is 16.2. The van der Waals surface area contributed by atoms with Crippen molar-refractivity contribution in [2.24, 2.45) is 0 Å². The van der Waals surface area contributed by atoms with Gasteiger partial charge in [-0.2, -0.15) is 0 Å². The minimum absolute atomic E-state index is 0.00327. The van der Waals surface area contributed by atoms with E-state index in [1.54, 1.807) is 0 Å². The van der Waals surface area contributed by atoms with Crippen molar-refractivity contribution >= 4 is 29.2 Å². The van der Waals surface area contributed by atoms with E-state index in [1.807, 2.05) is 60.7 Å².